The summed E-state index contributed by atoms with van der Waals surface area (Å²) in [6.07, 6.45) is 0.861. The predicted molar refractivity (Wildman–Crippen MR) is 70.8 cm³/mol. The minimum Gasteiger partial charge on any atom is -0.481 e. The molecule has 1 amide bonds. The third-order valence-corrected chi connectivity index (χ3v) is 4.25. The molecule has 1 aromatic rings. The SMILES string of the molecule is O=C(O)C1CCC(C(=O)NCC(O)c2ccsc2)C1. The fourth-order valence-corrected chi connectivity index (χ4v) is 3.08. The zero-order valence-corrected chi connectivity index (χ0v) is 11.2. The van der Waals surface area contributed by atoms with Gasteiger partial charge in [0.1, 0.15) is 0 Å². The highest BCUT2D eigenvalue weighted by Crippen LogP contribution is 2.31. The largest absolute Gasteiger partial charge is 0.481 e. The number of carboxylic acids is 1. The quantitative estimate of drug-likeness (QED) is 0.762. The third-order valence-electron chi connectivity index (χ3n) is 3.55. The van der Waals surface area contributed by atoms with Gasteiger partial charge >= 0.3 is 5.97 Å². The molecule has 2 rings (SSSR count). The van der Waals surface area contributed by atoms with Gasteiger partial charge in [-0.15, -0.1) is 0 Å². The van der Waals surface area contributed by atoms with Crippen LogP contribution in [0.25, 0.3) is 0 Å². The van der Waals surface area contributed by atoms with E-state index in [0.717, 1.165) is 5.56 Å². The maximum atomic E-state index is 11.9. The van der Waals surface area contributed by atoms with Crippen LogP contribution in [0.1, 0.15) is 30.9 Å². The molecule has 1 aromatic heterocycles. The van der Waals surface area contributed by atoms with Crippen molar-refractivity contribution in [2.24, 2.45) is 11.8 Å². The first-order valence-corrected chi connectivity index (χ1v) is 7.23. The van der Waals surface area contributed by atoms with E-state index in [2.05, 4.69) is 5.32 Å². The Morgan fingerprint density at radius 1 is 1.42 bits per heavy atom. The molecule has 104 valence electrons. The first-order chi connectivity index (χ1) is 9.08. The van der Waals surface area contributed by atoms with Crippen molar-refractivity contribution in [3.05, 3.63) is 22.4 Å². The number of thiophene rings is 1. The highest BCUT2D eigenvalue weighted by atomic mass is 32.1. The molecular formula is C13H17NO4S. The van der Waals surface area contributed by atoms with Crippen molar-refractivity contribution in [2.45, 2.75) is 25.4 Å². The number of carboxylic acid groups (broad SMARTS) is 1. The molecular weight excluding hydrogens is 266 g/mol. The number of rotatable bonds is 5. The number of hydrogen-bond acceptors (Lipinski definition) is 4. The summed E-state index contributed by atoms with van der Waals surface area (Å²) in [4.78, 5) is 22.7. The number of nitrogens with one attached hydrogen (secondary N) is 1. The molecule has 1 aliphatic carbocycles. The van der Waals surface area contributed by atoms with Crippen molar-refractivity contribution in [2.75, 3.05) is 6.54 Å². The van der Waals surface area contributed by atoms with Crippen molar-refractivity contribution < 1.29 is 19.8 Å². The number of carbonyl (C=O) groups is 2. The van der Waals surface area contributed by atoms with Crippen LogP contribution < -0.4 is 5.32 Å². The molecule has 5 nitrogen and oxygen atoms in total. The zero-order chi connectivity index (χ0) is 13.8. The molecule has 0 radical (unpaired) electrons. The second kappa shape index (κ2) is 6.16. The summed E-state index contributed by atoms with van der Waals surface area (Å²) in [5, 5.41) is 25.1. The maximum Gasteiger partial charge on any atom is 0.306 e. The van der Waals surface area contributed by atoms with Crippen molar-refractivity contribution in [1.82, 2.24) is 5.32 Å². The van der Waals surface area contributed by atoms with Crippen LogP contribution in [0.5, 0.6) is 0 Å². The van der Waals surface area contributed by atoms with Crippen molar-refractivity contribution in [3.8, 4) is 0 Å². The minimum absolute atomic E-state index is 0.155. The van der Waals surface area contributed by atoms with E-state index in [9.17, 15) is 14.7 Å². The molecule has 0 saturated heterocycles. The highest BCUT2D eigenvalue weighted by molar-refractivity contribution is 7.07. The van der Waals surface area contributed by atoms with Crippen LogP contribution in [0.15, 0.2) is 16.8 Å². The normalized spacial score (nSPS) is 24.1. The van der Waals surface area contributed by atoms with Crippen LogP contribution in [0, 0.1) is 11.8 Å². The Kier molecular flexibility index (Phi) is 4.55. The minimum atomic E-state index is -0.825. The molecule has 3 N–H and O–H groups in total. The van der Waals surface area contributed by atoms with Crippen LogP contribution in [0.3, 0.4) is 0 Å². The van der Waals surface area contributed by atoms with E-state index in [4.69, 9.17) is 5.11 Å². The molecule has 3 unspecified atom stereocenters. The van der Waals surface area contributed by atoms with Gasteiger partial charge in [0.15, 0.2) is 0 Å². The van der Waals surface area contributed by atoms with Crippen LogP contribution in [0.4, 0.5) is 0 Å². The monoisotopic (exact) mass is 283 g/mol. The molecule has 0 spiro atoms. The number of aliphatic hydroxyl groups excluding tert-OH is 1. The average molecular weight is 283 g/mol. The Hall–Kier alpha value is -1.40. The van der Waals surface area contributed by atoms with Gasteiger partial charge in [-0.3, -0.25) is 9.59 Å². The first kappa shape index (κ1) is 14.0. The van der Waals surface area contributed by atoms with Crippen LogP contribution in [0.2, 0.25) is 0 Å². The highest BCUT2D eigenvalue weighted by Gasteiger charge is 2.33. The van der Waals surface area contributed by atoms with Gasteiger partial charge in [-0.05, 0) is 41.7 Å². The number of carbonyl (C=O) groups excluding carboxylic acids is 1. The fourth-order valence-electron chi connectivity index (χ4n) is 2.37. The van der Waals surface area contributed by atoms with Gasteiger partial charge in [-0.25, -0.2) is 0 Å². The van der Waals surface area contributed by atoms with Crippen molar-refractivity contribution in [3.63, 3.8) is 0 Å². The molecule has 0 bridgehead atoms. The Labute approximate surface area is 115 Å². The first-order valence-electron chi connectivity index (χ1n) is 6.28. The topological polar surface area (TPSA) is 86.6 Å². The van der Waals surface area contributed by atoms with Gasteiger partial charge in [0, 0.05) is 12.5 Å². The second-order valence-corrected chi connectivity index (χ2v) is 5.64. The van der Waals surface area contributed by atoms with Crippen molar-refractivity contribution >= 4 is 23.2 Å². The van der Waals surface area contributed by atoms with E-state index >= 15 is 0 Å². The lowest BCUT2D eigenvalue weighted by Gasteiger charge is -2.14. The molecule has 0 aromatic carbocycles. The summed E-state index contributed by atoms with van der Waals surface area (Å²) in [7, 11) is 0. The van der Waals surface area contributed by atoms with E-state index in [0.29, 0.717) is 19.3 Å². The maximum absolute atomic E-state index is 11.9. The van der Waals surface area contributed by atoms with E-state index < -0.39 is 18.0 Å². The van der Waals surface area contributed by atoms with Crippen molar-refractivity contribution in [1.29, 1.82) is 0 Å². The van der Waals surface area contributed by atoms with Gasteiger partial charge in [-0.1, -0.05) is 0 Å². The average Bonchev–Trinajstić information content (AvgIpc) is 3.05. The Morgan fingerprint density at radius 3 is 2.74 bits per heavy atom. The lowest BCUT2D eigenvalue weighted by Crippen LogP contribution is -2.33. The Balaban J connectivity index is 1.78. The molecule has 3 atom stereocenters. The molecule has 1 fully saturated rings. The summed E-state index contributed by atoms with van der Waals surface area (Å²) in [6, 6.07) is 1.82. The van der Waals surface area contributed by atoms with Gasteiger partial charge < -0.3 is 15.5 Å². The van der Waals surface area contributed by atoms with Crippen LogP contribution >= 0.6 is 11.3 Å². The molecule has 6 heteroatoms. The van der Waals surface area contributed by atoms with Gasteiger partial charge in [0.05, 0.1) is 12.0 Å². The number of amides is 1. The summed E-state index contributed by atoms with van der Waals surface area (Å²) in [5.41, 5.74) is 0.792. The molecule has 1 heterocycles. The van der Waals surface area contributed by atoms with E-state index in [1.54, 1.807) is 0 Å². The lowest BCUT2D eigenvalue weighted by atomic mass is 10.0. The van der Waals surface area contributed by atoms with Gasteiger partial charge in [0.25, 0.3) is 0 Å². The number of aliphatic carboxylic acids is 1. The van der Waals surface area contributed by atoms with E-state index in [1.807, 2.05) is 16.8 Å². The third kappa shape index (κ3) is 3.54. The molecule has 1 aliphatic rings. The summed E-state index contributed by atoms with van der Waals surface area (Å²) >= 11 is 1.49. The van der Waals surface area contributed by atoms with Crippen LogP contribution in [-0.4, -0.2) is 28.6 Å². The van der Waals surface area contributed by atoms with Gasteiger partial charge in [-0.2, -0.15) is 11.3 Å². The van der Waals surface area contributed by atoms with Gasteiger partial charge in [0.2, 0.25) is 5.91 Å². The summed E-state index contributed by atoms with van der Waals surface area (Å²) < 4.78 is 0. The standard InChI is InChI=1S/C13H17NO4S/c15-11(10-3-4-19-7-10)6-14-12(16)8-1-2-9(5-8)13(17)18/h3-4,7-9,11,15H,1-2,5-6H2,(H,14,16)(H,17,18). The van der Waals surface area contributed by atoms with E-state index in [1.165, 1.54) is 11.3 Å². The smallest absolute Gasteiger partial charge is 0.306 e. The van der Waals surface area contributed by atoms with E-state index in [-0.39, 0.29) is 18.4 Å². The fraction of sp³-hybridized carbons (Fsp3) is 0.538. The van der Waals surface area contributed by atoms with Crippen LogP contribution in [-0.2, 0) is 9.59 Å². The summed E-state index contributed by atoms with van der Waals surface area (Å²) in [6.45, 7) is 0.170. The number of hydrogen-bond donors (Lipinski definition) is 3. The Morgan fingerprint density at radius 2 is 2.16 bits per heavy atom. The molecule has 19 heavy (non-hydrogen) atoms. The second-order valence-electron chi connectivity index (χ2n) is 4.86. The summed E-state index contributed by atoms with van der Waals surface area (Å²) in [5.74, 6) is -1.63. The molecule has 1 saturated carbocycles. The number of aliphatic hydroxyl groups is 1. The lowest BCUT2D eigenvalue weighted by molar-refractivity contribution is -0.141. The predicted octanol–water partition coefficient (Wildman–Crippen LogP) is 1.40. The Bertz CT molecular complexity index is 446. The zero-order valence-electron chi connectivity index (χ0n) is 10.4. The molecule has 0 aliphatic heterocycles.